The smallest absolute Gasteiger partial charge is 0.364 e. The van der Waals surface area contributed by atoms with Gasteiger partial charge >= 0.3 is 5.97 Å². The molecule has 0 aromatic rings. The number of nitrogens with one attached hydrogen (secondary N) is 5. The number of carboxylic acid groups (broad SMARTS) is 1. The minimum Gasteiger partial charge on any atom is -0.477 e. The Bertz CT molecular complexity index is 3720. The van der Waals surface area contributed by atoms with Crippen molar-refractivity contribution >= 4 is 36.0 Å². The summed E-state index contributed by atoms with van der Waals surface area (Å²) in [5, 5.41) is 337. The van der Waals surface area contributed by atoms with Crippen molar-refractivity contribution in [3.8, 4) is 0 Å². The molecule has 10 aliphatic heterocycles. The third-order valence-corrected chi connectivity index (χ3v) is 24.4. The van der Waals surface area contributed by atoms with Gasteiger partial charge in [-0.2, -0.15) is 0 Å². The second kappa shape index (κ2) is 49.3. The molecule has 60 nitrogen and oxygen atoms in total. The first-order chi connectivity index (χ1) is 63.9. The van der Waals surface area contributed by atoms with Crippen LogP contribution in [0.3, 0.4) is 0 Å². The molecule has 0 unspecified atom stereocenters. The Kier molecular flexibility index (Phi) is 40.8. The van der Waals surface area contributed by atoms with Crippen molar-refractivity contribution in [1.82, 2.24) is 26.6 Å². The molecule has 0 aliphatic carbocycles. The molecule has 10 saturated heterocycles. The lowest BCUT2D eigenvalue weighted by atomic mass is 9.88. The molecule has 10 rings (SSSR count). The maximum Gasteiger partial charge on any atom is 0.364 e. The summed E-state index contributed by atoms with van der Waals surface area (Å²) in [6.45, 7) is -7.08. The fourth-order valence-corrected chi connectivity index (χ4v) is 17.3. The Morgan fingerprint density at radius 3 is 1.04 bits per heavy atom. The zero-order valence-corrected chi connectivity index (χ0v) is 72.6. The average Bonchev–Trinajstić information content (AvgIpc) is 0.745. The standard InChI is InChI=1S/C75H125N5O55/c1-19-39(98)47(106)49(108)69(117-19)130-60-38(80-23(5)95)67(124-34(16-90)58(60)129-73-54(113)64(44(103)30(12-86)121-73)135-75(74(114)115)6-25(96)35(77-20(2)92)59(134-75)40(99)26(97)8-82)133-63-43(102)29(11-85)119-71(53(63)112)127-56-32(14-88)122-65(36(46(56)105)78-21(3)93)131-61-41(100)27(9-83)118-70(51(61)110)126-55-31(13-87)123-66(37(45(55)104)79-22(4)94)132-62-42(101)28(10-84)120-72(52(62)111)128-57-33(15-89)125-68(50(109)48(57)107)116-17-24(7-81)76-18-91/h18-19,24-73,81-90,96-113H,6-17H2,1-5H3,(H,76,91)(H,77,92)(H,78,93)(H,79,94)(H,80,95)(H,114,115)/t19-,24+,25-,26+,27+,28+,29+,30+,31+,32+,33+,34+,35+,36+,37+,38+,39+,40+,41-,42-,43-,44-,45+,46+,47+,48+,49-,50+,51+,52+,53+,54+,55+,56+,57+,58+,59+,60+,61-,62-,63-,64-,65-,66-,67-,68+,69-,70-,71-,72-,73-,75-/m0/s1. The number of carbonyl (C=O) groups excluding carboxylic acids is 5. The lowest BCUT2D eigenvalue weighted by Crippen LogP contribution is -2.72. The molecule has 5 amide bonds. The molecule has 780 valence electrons. The molecular weight excluding hydrogens is 1850 g/mol. The van der Waals surface area contributed by atoms with Crippen LogP contribution in [-0.2, 0) is 124 Å². The van der Waals surface area contributed by atoms with Crippen LogP contribution in [-0.4, -0.2) is 575 Å². The molecular formula is C75H125N5O55. The van der Waals surface area contributed by atoms with Gasteiger partial charge in [0.1, 0.15) is 232 Å². The highest BCUT2D eigenvalue weighted by atomic mass is 16.8. The number of hydrogen-bond acceptors (Lipinski definition) is 54. The molecule has 0 saturated carbocycles. The Balaban J connectivity index is 0.875. The number of rotatable bonds is 40. The van der Waals surface area contributed by atoms with Crippen molar-refractivity contribution in [2.24, 2.45) is 0 Å². The van der Waals surface area contributed by atoms with Crippen LogP contribution in [0.2, 0.25) is 0 Å². The van der Waals surface area contributed by atoms with E-state index in [-0.39, 0.29) is 6.41 Å². The summed E-state index contributed by atoms with van der Waals surface area (Å²) in [7, 11) is 0. The Morgan fingerprint density at radius 1 is 0.348 bits per heavy atom. The molecule has 60 heteroatoms. The van der Waals surface area contributed by atoms with Gasteiger partial charge < -0.3 is 269 Å². The van der Waals surface area contributed by atoms with Gasteiger partial charge in [-0.25, -0.2) is 4.79 Å². The Morgan fingerprint density at radius 2 is 0.667 bits per heavy atom. The van der Waals surface area contributed by atoms with Crippen LogP contribution in [0.1, 0.15) is 41.0 Å². The lowest BCUT2D eigenvalue weighted by Gasteiger charge is -2.52. The highest BCUT2D eigenvalue weighted by Crippen LogP contribution is 2.44. The van der Waals surface area contributed by atoms with E-state index < -0.39 is 427 Å². The van der Waals surface area contributed by atoms with Crippen molar-refractivity contribution in [1.29, 1.82) is 0 Å². The van der Waals surface area contributed by atoms with Crippen LogP contribution in [0.5, 0.6) is 0 Å². The molecule has 0 spiro atoms. The quantitative estimate of drug-likeness (QED) is 0.0253. The van der Waals surface area contributed by atoms with Gasteiger partial charge in [0.15, 0.2) is 56.6 Å². The van der Waals surface area contributed by atoms with E-state index in [1.54, 1.807) is 0 Å². The highest BCUT2D eigenvalue weighted by Gasteiger charge is 2.65. The second-order valence-corrected chi connectivity index (χ2v) is 33.8. The van der Waals surface area contributed by atoms with E-state index in [1.165, 1.54) is 6.92 Å². The molecule has 10 heterocycles. The van der Waals surface area contributed by atoms with Gasteiger partial charge in [0.2, 0.25) is 30.0 Å². The minimum absolute atomic E-state index is 0.245. The van der Waals surface area contributed by atoms with Crippen molar-refractivity contribution < 1.29 is 272 Å². The third-order valence-electron chi connectivity index (χ3n) is 24.4. The van der Waals surface area contributed by atoms with Crippen molar-refractivity contribution in [2.75, 3.05) is 72.7 Å². The molecule has 0 aromatic carbocycles. The second-order valence-electron chi connectivity index (χ2n) is 33.8. The maximum atomic E-state index is 13.6. The van der Waals surface area contributed by atoms with Gasteiger partial charge in [-0.05, 0) is 6.92 Å². The van der Waals surface area contributed by atoms with Crippen molar-refractivity contribution in [3.05, 3.63) is 0 Å². The van der Waals surface area contributed by atoms with E-state index >= 15 is 0 Å². The number of aliphatic carboxylic acids is 1. The van der Waals surface area contributed by atoms with E-state index in [0.717, 1.165) is 27.7 Å². The van der Waals surface area contributed by atoms with Crippen LogP contribution < -0.4 is 26.6 Å². The molecule has 10 aliphatic rings. The molecule has 0 radical (unpaired) electrons. The first-order valence-electron chi connectivity index (χ1n) is 42.9. The van der Waals surface area contributed by atoms with Gasteiger partial charge in [-0.1, -0.05) is 0 Å². The number of ether oxygens (including phenoxy) is 20. The number of aliphatic hydroxyl groups excluding tert-OH is 28. The number of aliphatic hydroxyl groups is 28. The summed E-state index contributed by atoms with van der Waals surface area (Å²) in [5.41, 5.74) is 0. The summed E-state index contributed by atoms with van der Waals surface area (Å²) >= 11 is 0. The van der Waals surface area contributed by atoms with Crippen LogP contribution in [0.15, 0.2) is 0 Å². The molecule has 0 bridgehead atoms. The van der Waals surface area contributed by atoms with Gasteiger partial charge in [-0.15, -0.1) is 0 Å². The fourth-order valence-electron chi connectivity index (χ4n) is 17.3. The van der Waals surface area contributed by atoms with E-state index in [0.29, 0.717) is 0 Å². The molecule has 52 atom stereocenters. The normalized spacial score (nSPS) is 46.7. The zero-order valence-electron chi connectivity index (χ0n) is 72.6. The minimum atomic E-state index is -3.35. The SMILES string of the molecule is CC(=O)N[C@H]1[C@H](O[C@H]2[C@@H](O)[C@@H](CO)O[C@@H](O[C@H]3[C@H](O)[C@@H](O)[C@H](OC[C@@H](CO)NC=O)O[C@@H]3CO)[C@@H]2O)O[C@H](CO)[C@@H](O[C@@H]2O[C@H](CO)[C@H](O)[C@H](O[C@@H]3O[C@H](CO)[C@@H](O[C@@H]4O[C@H](CO)[C@H](O)[C@H](O[C@@H]5O[C@H](CO)[C@@H](O[C@@H]6O[C@H](CO)[C@H](O)[C@H](O[C@]7(C(=O)O)C[C@H](O)[C@@H](NC(C)=O)[C@H]([C@H](O)[C@H](O)CO)O7)[C@H]6O)[C@H](O[C@@H]6O[C@@H](C)[C@@H](O)[C@@H](O)[C@@H]6O)[C@H]5NC(C)=O)[C@H]4O)[C@H](O)[C@H]3NC(C)=O)[C@H]2O)[C@@H]1O. The summed E-state index contributed by atoms with van der Waals surface area (Å²) in [5.74, 6) is -9.48. The number of carbonyl (C=O) groups is 6. The van der Waals surface area contributed by atoms with E-state index in [2.05, 4.69) is 26.6 Å². The van der Waals surface area contributed by atoms with E-state index in [4.69, 9.17) is 94.7 Å². The van der Waals surface area contributed by atoms with Gasteiger partial charge in [0.25, 0.3) is 5.79 Å². The number of amides is 5. The highest BCUT2D eigenvalue weighted by molar-refractivity contribution is 5.77. The fraction of sp³-hybridized carbons (Fsp3) is 0.920. The van der Waals surface area contributed by atoms with E-state index in [1.807, 2.05) is 0 Å². The summed E-state index contributed by atoms with van der Waals surface area (Å²) in [4.78, 5) is 76.5. The summed E-state index contributed by atoms with van der Waals surface area (Å²) in [6.07, 6.45) is -100. The largest absolute Gasteiger partial charge is 0.477 e. The number of hydrogen-bond donors (Lipinski definition) is 34. The van der Waals surface area contributed by atoms with Crippen LogP contribution >= 0.6 is 0 Å². The van der Waals surface area contributed by atoms with E-state index in [9.17, 15) is 177 Å². The van der Waals surface area contributed by atoms with Crippen LogP contribution in [0, 0.1) is 0 Å². The molecule has 135 heavy (non-hydrogen) atoms. The Labute approximate surface area is 764 Å². The average molecular weight is 1980 g/mol. The predicted octanol–water partition coefficient (Wildman–Crippen LogP) is -22.9. The van der Waals surface area contributed by atoms with Crippen LogP contribution in [0.4, 0.5) is 0 Å². The Hall–Kier alpha value is -5.10. The molecule has 0 aromatic heterocycles. The summed E-state index contributed by atoms with van der Waals surface area (Å²) in [6, 6.07) is -8.93. The predicted molar refractivity (Wildman–Crippen MR) is 416 cm³/mol. The molecule has 34 N–H and O–H groups in total. The van der Waals surface area contributed by atoms with Gasteiger partial charge in [-0.3, -0.25) is 24.0 Å². The zero-order chi connectivity index (χ0) is 99.7. The van der Waals surface area contributed by atoms with Crippen molar-refractivity contribution in [2.45, 2.75) is 359 Å². The third kappa shape index (κ3) is 25.0. The number of carboxylic acids is 1. The van der Waals surface area contributed by atoms with Crippen LogP contribution in [0.25, 0.3) is 0 Å². The monoisotopic (exact) mass is 1980 g/mol. The van der Waals surface area contributed by atoms with Crippen molar-refractivity contribution in [3.63, 3.8) is 0 Å². The topological polar surface area (TPSA) is 934 Å². The first-order valence-corrected chi connectivity index (χ1v) is 42.9. The maximum absolute atomic E-state index is 13.6. The van der Waals surface area contributed by atoms with Gasteiger partial charge in [0, 0.05) is 34.1 Å². The molecule has 10 fully saturated rings. The summed E-state index contributed by atoms with van der Waals surface area (Å²) < 4.78 is 118. The first kappa shape index (κ1) is 112. The van der Waals surface area contributed by atoms with Gasteiger partial charge in [0.05, 0.1) is 97.0 Å². The lowest BCUT2D eigenvalue weighted by molar-refractivity contribution is -0.400.